The molecule has 2 aromatic heterocycles. The highest BCUT2D eigenvalue weighted by Crippen LogP contribution is 2.35. The van der Waals surface area contributed by atoms with Crippen LogP contribution in [0.3, 0.4) is 0 Å². The van der Waals surface area contributed by atoms with Gasteiger partial charge in [-0.3, -0.25) is 0 Å². The zero-order chi connectivity index (χ0) is 14.8. The van der Waals surface area contributed by atoms with E-state index in [-0.39, 0.29) is 6.04 Å². The van der Waals surface area contributed by atoms with E-state index in [1.54, 1.807) is 0 Å². The third-order valence-corrected chi connectivity index (χ3v) is 5.02. The van der Waals surface area contributed by atoms with Gasteiger partial charge in [-0.05, 0) is 50.2 Å². The van der Waals surface area contributed by atoms with Crippen molar-refractivity contribution in [3.05, 3.63) is 27.8 Å². The highest BCUT2D eigenvalue weighted by Gasteiger charge is 2.28. The zero-order valence-electron chi connectivity index (χ0n) is 12.8. The number of hydrogen-bond donors (Lipinski definition) is 1. The summed E-state index contributed by atoms with van der Waals surface area (Å²) in [6.07, 6.45) is 2.15. The number of hydrogen-bond acceptors (Lipinski definition) is 6. The summed E-state index contributed by atoms with van der Waals surface area (Å²) in [7, 11) is 0. The average Bonchev–Trinajstić information content (AvgIpc) is 3.14. The fraction of sp³-hybridized carbons (Fsp3) is 0.600. The molecular formula is C15H22N4OS. The third kappa shape index (κ3) is 2.82. The number of aromatic nitrogens is 2. The Morgan fingerprint density at radius 3 is 3.19 bits per heavy atom. The molecule has 0 aromatic carbocycles. The summed E-state index contributed by atoms with van der Waals surface area (Å²) in [6.45, 7) is 8.30. The van der Waals surface area contributed by atoms with Gasteiger partial charge in [0, 0.05) is 11.4 Å². The van der Waals surface area contributed by atoms with Crippen LogP contribution in [0, 0.1) is 0 Å². The molecule has 21 heavy (non-hydrogen) atoms. The third-order valence-electron chi connectivity index (χ3n) is 4.02. The molecule has 0 aliphatic carbocycles. The molecule has 1 aliphatic rings. The first-order valence-corrected chi connectivity index (χ1v) is 8.48. The Labute approximate surface area is 129 Å². The van der Waals surface area contributed by atoms with Crippen LogP contribution in [0.4, 0.5) is 6.01 Å². The van der Waals surface area contributed by atoms with Gasteiger partial charge in [0.25, 0.3) is 0 Å². The van der Waals surface area contributed by atoms with Crippen molar-refractivity contribution in [2.45, 2.75) is 45.7 Å². The lowest BCUT2D eigenvalue weighted by Crippen LogP contribution is -2.33. The molecule has 1 N–H and O–H groups in total. The van der Waals surface area contributed by atoms with Gasteiger partial charge in [0.05, 0.1) is 12.1 Å². The summed E-state index contributed by atoms with van der Waals surface area (Å²) in [5.41, 5.74) is 1.39. The van der Waals surface area contributed by atoms with Crippen molar-refractivity contribution in [3.8, 4) is 0 Å². The Morgan fingerprint density at radius 2 is 2.38 bits per heavy atom. The second-order valence-corrected chi connectivity index (χ2v) is 6.52. The Hall–Kier alpha value is -1.40. The average molecular weight is 306 g/mol. The lowest BCUT2D eigenvalue weighted by Gasteiger charge is -2.31. The van der Waals surface area contributed by atoms with E-state index in [4.69, 9.17) is 4.42 Å². The molecular weight excluding hydrogens is 284 g/mol. The summed E-state index contributed by atoms with van der Waals surface area (Å²) in [4.78, 5) is 3.69. The minimum atomic E-state index is 0.100. The van der Waals surface area contributed by atoms with Crippen molar-refractivity contribution in [2.24, 2.45) is 0 Å². The molecule has 2 aromatic rings. The van der Waals surface area contributed by atoms with Crippen molar-refractivity contribution in [1.82, 2.24) is 15.5 Å². The van der Waals surface area contributed by atoms with Gasteiger partial charge in [0.1, 0.15) is 0 Å². The van der Waals surface area contributed by atoms with E-state index in [0.29, 0.717) is 17.9 Å². The maximum absolute atomic E-state index is 5.89. The van der Waals surface area contributed by atoms with Crippen molar-refractivity contribution in [1.29, 1.82) is 0 Å². The molecule has 0 saturated heterocycles. The number of fused-ring (bicyclic) bond motifs is 1. The normalized spacial score (nSPS) is 19.6. The molecule has 5 nitrogen and oxygen atoms in total. The molecule has 0 radical (unpaired) electrons. The van der Waals surface area contributed by atoms with E-state index in [1.165, 1.54) is 10.4 Å². The molecule has 2 atom stereocenters. The highest BCUT2D eigenvalue weighted by molar-refractivity contribution is 7.10. The van der Waals surface area contributed by atoms with Crippen molar-refractivity contribution in [3.63, 3.8) is 0 Å². The second-order valence-electron chi connectivity index (χ2n) is 5.52. The Balaban J connectivity index is 1.75. The molecule has 0 bridgehead atoms. The van der Waals surface area contributed by atoms with Crippen molar-refractivity contribution < 1.29 is 4.42 Å². The lowest BCUT2D eigenvalue weighted by atomic mass is 10.0. The molecule has 2 unspecified atom stereocenters. The van der Waals surface area contributed by atoms with Crippen LogP contribution in [0.2, 0.25) is 0 Å². The monoisotopic (exact) mass is 306 g/mol. The minimum Gasteiger partial charge on any atom is -0.406 e. The predicted molar refractivity (Wildman–Crippen MR) is 84.8 cm³/mol. The summed E-state index contributed by atoms with van der Waals surface area (Å²) >= 11 is 1.84. The minimum absolute atomic E-state index is 0.100. The van der Waals surface area contributed by atoms with Crippen molar-refractivity contribution in [2.75, 3.05) is 18.0 Å². The lowest BCUT2D eigenvalue weighted by molar-refractivity contribution is 0.406. The van der Waals surface area contributed by atoms with E-state index in [2.05, 4.69) is 52.6 Å². The van der Waals surface area contributed by atoms with Crippen LogP contribution in [0.5, 0.6) is 0 Å². The summed E-state index contributed by atoms with van der Waals surface area (Å²) in [5.74, 6) is 0.668. The molecule has 0 spiro atoms. The van der Waals surface area contributed by atoms with E-state index in [1.807, 2.05) is 11.3 Å². The van der Waals surface area contributed by atoms with Gasteiger partial charge in [-0.2, -0.15) is 0 Å². The number of thiophene rings is 1. The predicted octanol–water partition coefficient (Wildman–Crippen LogP) is 3.32. The van der Waals surface area contributed by atoms with Gasteiger partial charge >= 0.3 is 6.01 Å². The van der Waals surface area contributed by atoms with Crippen LogP contribution in [-0.4, -0.2) is 23.3 Å². The molecule has 0 amide bonds. The quantitative estimate of drug-likeness (QED) is 0.918. The summed E-state index contributed by atoms with van der Waals surface area (Å²) in [6, 6.07) is 3.24. The van der Waals surface area contributed by atoms with Crippen LogP contribution < -0.4 is 10.2 Å². The van der Waals surface area contributed by atoms with Crippen LogP contribution in [0.1, 0.15) is 55.6 Å². The number of nitrogens with one attached hydrogen (secondary N) is 1. The van der Waals surface area contributed by atoms with Gasteiger partial charge in [-0.15, -0.1) is 16.4 Å². The first-order valence-electron chi connectivity index (χ1n) is 7.60. The SMILES string of the molecule is CCCNC(C)c1nnc(N2CCc3sccc3C2C)o1. The van der Waals surface area contributed by atoms with Gasteiger partial charge in [-0.25, -0.2) is 0 Å². The fourth-order valence-corrected chi connectivity index (χ4v) is 3.70. The molecule has 0 fully saturated rings. The van der Waals surface area contributed by atoms with E-state index in [9.17, 15) is 0 Å². The van der Waals surface area contributed by atoms with E-state index in [0.717, 1.165) is 25.9 Å². The summed E-state index contributed by atoms with van der Waals surface area (Å²) in [5, 5.41) is 14.0. The van der Waals surface area contributed by atoms with E-state index >= 15 is 0 Å². The molecule has 1 aliphatic heterocycles. The van der Waals surface area contributed by atoms with Gasteiger partial charge < -0.3 is 14.6 Å². The largest absolute Gasteiger partial charge is 0.406 e. The molecule has 3 heterocycles. The number of anilines is 1. The molecule has 3 rings (SSSR count). The van der Waals surface area contributed by atoms with Gasteiger partial charge in [0.15, 0.2) is 0 Å². The first kappa shape index (κ1) is 14.5. The van der Waals surface area contributed by atoms with Gasteiger partial charge in [0.2, 0.25) is 5.89 Å². The van der Waals surface area contributed by atoms with Crippen LogP contribution in [0.25, 0.3) is 0 Å². The van der Waals surface area contributed by atoms with Crippen LogP contribution in [-0.2, 0) is 6.42 Å². The summed E-state index contributed by atoms with van der Waals surface area (Å²) < 4.78 is 5.89. The van der Waals surface area contributed by atoms with E-state index < -0.39 is 0 Å². The maximum Gasteiger partial charge on any atom is 0.318 e. The van der Waals surface area contributed by atoms with Crippen molar-refractivity contribution >= 4 is 17.4 Å². The topological polar surface area (TPSA) is 54.2 Å². The second kappa shape index (κ2) is 6.15. The Morgan fingerprint density at radius 1 is 1.52 bits per heavy atom. The van der Waals surface area contributed by atoms with Crippen LogP contribution in [0.15, 0.2) is 15.9 Å². The number of nitrogens with zero attached hydrogens (tertiary/aromatic N) is 3. The fourth-order valence-electron chi connectivity index (χ4n) is 2.74. The standard InChI is InChI=1S/C15H22N4OS/c1-4-7-16-10(2)14-17-18-15(20-14)19-8-5-13-12(11(19)3)6-9-21-13/h6,9-11,16H,4-5,7-8H2,1-3H3. The smallest absolute Gasteiger partial charge is 0.318 e. The zero-order valence-corrected chi connectivity index (χ0v) is 13.6. The number of rotatable bonds is 5. The Bertz CT molecular complexity index is 594. The van der Waals surface area contributed by atoms with Crippen LogP contribution >= 0.6 is 11.3 Å². The molecule has 6 heteroatoms. The molecule has 0 saturated carbocycles. The highest BCUT2D eigenvalue weighted by atomic mass is 32.1. The van der Waals surface area contributed by atoms with Gasteiger partial charge in [-0.1, -0.05) is 12.0 Å². The first-order chi connectivity index (χ1) is 10.2. The maximum atomic E-state index is 5.89. The molecule has 114 valence electrons. The Kier molecular flexibility index (Phi) is 4.26.